The average molecular weight is 433 g/mol. The molecule has 0 bridgehead atoms. The molecule has 0 saturated heterocycles. The number of hydrogen-bond donors (Lipinski definition) is 3. The summed E-state index contributed by atoms with van der Waals surface area (Å²) in [7, 11) is 0. The number of carbonyl (C=O) groups excluding carboxylic acids is 1. The van der Waals surface area contributed by atoms with Gasteiger partial charge in [-0.15, -0.1) is 0 Å². The van der Waals surface area contributed by atoms with E-state index in [4.69, 9.17) is 5.73 Å². The summed E-state index contributed by atoms with van der Waals surface area (Å²) in [6, 6.07) is 26.7. The van der Waals surface area contributed by atoms with Crippen molar-refractivity contribution in [2.45, 2.75) is 38.0 Å². The summed E-state index contributed by atoms with van der Waals surface area (Å²) in [4.78, 5) is 13.4. The van der Waals surface area contributed by atoms with Crippen LogP contribution in [-0.2, 0) is 6.42 Å². The Morgan fingerprint density at radius 1 is 0.812 bits per heavy atom. The summed E-state index contributed by atoms with van der Waals surface area (Å²) in [6.45, 7) is 2.97. The van der Waals surface area contributed by atoms with Gasteiger partial charge in [-0.25, -0.2) is 0 Å². The predicted octanol–water partition coefficient (Wildman–Crippen LogP) is 3.88. The molecule has 0 saturated carbocycles. The summed E-state index contributed by atoms with van der Waals surface area (Å²) in [5.41, 5.74) is 8.67. The highest BCUT2D eigenvalue weighted by Gasteiger charge is 2.22. The van der Waals surface area contributed by atoms with Crippen molar-refractivity contribution in [2.75, 3.05) is 13.1 Å². The van der Waals surface area contributed by atoms with Crippen LogP contribution >= 0.6 is 0 Å². The minimum Gasteiger partial charge on any atom is -0.387 e. The zero-order valence-electron chi connectivity index (χ0n) is 18.5. The summed E-state index contributed by atoms with van der Waals surface area (Å²) >= 11 is 0. The molecule has 0 aliphatic heterocycles. The Hall–Kier alpha value is -2.99. The minimum absolute atomic E-state index is 0.127. The molecule has 4 N–H and O–H groups in total. The maximum Gasteiger partial charge on any atom is 0.248 e. The Balaban J connectivity index is 1.68. The van der Waals surface area contributed by atoms with Crippen molar-refractivity contribution in [2.24, 2.45) is 5.73 Å². The highest BCUT2D eigenvalue weighted by atomic mass is 16.3. The molecule has 0 radical (unpaired) electrons. The van der Waals surface area contributed by atoms with Crippen molar-refractivity contribution in [3.8, 4) is 0 Å². The normalized spacial score (nSPS) is 14.1. The van der Waals surface area contributed by atoms with Gasteiger partial charge in [-0.05, 0) is 48.6 Å². The number of benzene rings is 3. The first kappa shape index (κ1) is 23.7. The van der Waals surface area contributed by atoms with E-state index in [1.807, 2.05) is 72.8 Å². The van der Waals surface area contributed by atoms with Crippen molar-refractivity contribution in [3.63, 3.8) is 0 Å². The standard InChI is InChI=1S/C27H32N2O3/c1-20(12-13-21-14-16-24(17-15-21)27(28)32)29(18-25(30)22-8-4-2-5-9-22)19-26(31)23-10-6-3-7-11-23/h2-11,14-17,20,25-26,30-31H,12-13,18-19H2,1H3,(H2,28,32). The highest BCUT2D eigenvalue weighted by molar-refractivity contribution is 5.92. The lowest BCUT2D eigenvalue weighted by atomic mass is 10.0. The first-order chi connectivity index (χ1) is 15.4. The van der Waals surface area contributed by atoms with Gasteiger partial charge in [0, 0.05) is 24.7 Å². The third-order valence-electron chi connectivity index (χ3n) is 5.90. The second-order valence-electron chi connectivity index (χ2n) is 8.26. The van der Waals surface area contributed by atoms with Crippen molar-refractivity contribution in [3.05, 3.63) is 107 Å². The van der Waals surface area contributed by atoms with Gasteiger partial charge in [0.2, 0.25) is 5.91 Å². The van der Waals surface area contributed by atoms with Crippen molar-refractivity contribution >= 4 is 5.91 Å². The van der Waals surface area contributed by atoms with Crippen LogP contribution < -0.4 is 5.73 Å². The molecule has 3 unspecified atom stereocenters. The number of aryl methyl sites for hydroxylation is 1. The molecule has 3 rings (SSSR count). The van der Waals surface area contributed by atoms with Crippen LogP contribution in [0.4, 0.5) is 0 Å². The molecule has 5 heteroatoms. The Kier molecular flexibility index (Phi) is 8.56. The van der Waals surface area contributed by atoms with Gasteiger partial charge in [0.05, 0.1) is 12.2 Å². The fourth-order valence-corrected chi connectivity index (χ4v) is 3.83. The zero-order chi connectivity index (χ0) is 22.9. The van der Waals surface area contributed by atoms with Crippen molar-refractivity contribution in [1.29, 1.82) is 0 Å². The van der Waals surface area contributed by atoms with Gasteiger partial charge in [-0.1, -0.05) is 72.8 Å². The highest BCUT2D eigenvalue weighted by Crippen LogP contribution is 2.21. The molecule has 1 amide bonds. The predicted molar refractivity (Wildman–Crippen MR) is 127 cm³/mol. The van der Waals surface area contributed by atoms with E-state index in [2.05, 4.69) is 11.8 Å². The first-order valence-electron chi connectivity index (χ1n) is 11.0. The molecule has 0 aliphatic rings. The molecule has 3 aromatic rings. The number of aliphatic hydroxyl groups is 2. The topological polar surface area (TPSA) is 86.8 Å². The number of hydrogen-bond acceptors (Lipinski definition) is 4. The molecular weight excluding hydrogens is 400 g/mol. The van der Waals surface area contributed by atoms with Gasteiger partial charge in [-0.2, -0.15) is 0 Å². The van der Waals surface area contributed by atoms with Crippen LogP contribution in [0.15, 0.2) is 84.9 Å². The van der Waals surface area contributed by atoms with Crippen LogP contribution in [0, 0.1) is 0 Å². The van der Waals surface area contributed by atoms with Crippen LogP contribution in [0.2, 0.25) is 0 Å². The quantitative estimate of drug-likeness (QED) is 0.429. The van der Waals surface area contributed by atoms with E-state index in [1.54, 1.807) is 12.1 Å². The number of nitrogens with two attached hydrogens (primary N) is 1. The minimum atomic E-state index is -0.642. The van der Waals surface area contributed by atoms with Gasteiger partial charge in [0.25, 0.3) is 0 Å². The number of rotatable bonds is 11. The molecular formula is C27H32N2O3. The van der Waals surface area contributed by atoms with E-state index in [-0.39, 0.29) is 6.04 Å². The Labute approximate surface area is 190 Å². The summed E-state index contributed by atoms with van der Waals surface area (Å²) < 4.78 is 0. The van der Waals surface area contributed by atoms with E-state index >= 15 is 0 Å². The first-order valence-corrected chi connectivity index (χ1v) is 11.0. The number of primary amides is 1. The van der Waals surface area contributed by atoms with Crippen LogP contribution in [0.3, 0.4) is 0 Å². The second kappa shape index (κ2) is 11.6. The van der Waals surface area contributed by atoms with Gasteiger partial charge in [0.15, 0.2) is 0 Å². The van der Waals surface area contributed by atoms with Crippen LogP contribution in [0.5, 0.6) is 0 Å². The van der Waals surface area contributed by atoms with E-state index in [1.165, 1.54) is 0 Å². The lowest BCUT2D eigenvalue weighted by molar-refractivity contribution is 0.0460. The van der Waals surface area contributed by atoms with E-state index in [9.17, 15) is 15.0 Å². The average Bonchev–Trinajstić information content (AvgIpc) is 2.83. The maximum atomic E-state index is 11.3. The maximum absolute atomic E-state index is 11.3. The van der Waals surface area contributed by atoms with E-state index in [0.717, 1.165) is 29.5 Å². The Morgan fingerprint density at radius 2 is 1.28 bits per heavy atom. The Bertz CT molecular complexity index is 914. The lowest BCUT2D eigenvalue weighted by Gasteiger charge is -2.33. The molecule has 32 heavy (non-hydrogen) atoms. The molecule has 0 aromatic heterocycles. The van der Waals surface area contributed by atoms with Gasteiger partial charge in [0.1, 0.15) is 0 Å². The van der Waals surface area contributed by atoms with E-state index in [0.29, 0.717) is 18.7 Å². The molecule has 0 heterocycles. The Morgan fingerprint density at radius 3 is 1.72 bits per heavy atom. The van der Waals surface area contributed by atoms with Crippen molar-refractivity contribution in [1.82, 2.24) is 4.90 Å². The molecule has 0 fully saturated rings. The van der Waals surface area contributed by atoms with E-state index < -0.39 is 18.1 Å². The fraction of sp³-hybridized carbons (Fsp3) is 0.296. The number of aliphatic hydroxyl groups excluding tert-OH is 2. The SMILES string of the molecule is CC(CCc1ccc(C(N)=O)cc1)N(CC(O)c1ccccc1)CC(O)c1ccccc1. The molecule has 168 valence electrons. The molecule has 3 aromatic carbocycles. The van der Waals surface area contributed by atoms with Gasteiger partial charge in [-0.3, -0.25) is 9.69 Å². The van der Waals surface area contributed by atoms with Crippen LogP contribution in [-0.4, -0.2) is 40.2 Å². The number of nitrogens with zero attached hydrogens (tertiary/aromatic N) is 1. The number of carbonyl (C=O) groups is 1. The third-order valence-corrected chi connectivity index (χ3v) is 5.90. The van der Waals surface area contributed by atoms with Gasteiger partial charge >= 0.3 is 0 Å². The summed E-state index contributed by atoms with van der Waals surface area (Å²) in [5.74, 6) is -0.430. The fourth-order valence-electron chi connectivity index (χ4n) is 3.83. The molecule has 5 nitrogen and oxygen atoms in total. The van der Waals surface area contributed by atoms with Crippen molar-refractivity contribution < 1.29 is 15.0 Å². The third kappa shape index (κ3) is 6.76. The second-order valence-corrected chi connectivity index (χ2v) is 8.26. The number of amides is 1. The smallest absolute Gasteiger partial charge is 0.248 e. The summed E-state index contributed by atoms with van der Waals surface area (Å²) in [6.07, 6.45) is 0.381. The van der Waals surface area contributed by atoms with Gasteiger partial charge < -0.3 is 15.9 Å². The molecule has 0 aliphatic carbocycles. The zero-order valence-corrected chi connectivity index (χ0v) is 18.5. The summed E-state index contributed by atoms with van der Waals surface area (Å²) in [5, 5.41) is 21.6. The van der Waals surface area contributed by atoms with Crippen LogP contribution in [0.25, 0.3) is 0 Å². The molecule has 3 atom stereocenters. The largest absolute Gasteiger partial charge is 0.387 e. The monoisotopic (exact) mass is 432 g/mol. The molecule has 0 spiro atoms. The lowest BCUT2D eigenvalue weighted by Crippen LogP contribution is -2.39. The van der Waals surface area contributed by atoms with Crippen LogP contribution in [0.1, 0.15) is 52.6 Å².